The largest absolute Gasteiger partial charge is 0.475 e. The number of halogens is 2. The van der Waals surface area contributed by atoms with Crippen molar-refractivity contribution in [2.75, 3.05) is 18.6 Å². The highest BCUT2D eigenvalue weighted by atomic mass is 32.2. The first-order chi connectivity index (χ1) is 15.3. The summed E-state index contributed by atoms with van der Waals surface area (Å²) in [5.74, 6) is -3.16. The number of benzene rings is 2. The smallest absolute Gasteiger partial charge is 0.426 e. The second-order valence-corrected chi connectivity index (χ2v) is 8.39. The predicted molar refractivity (Wildman–Crippen MR) is 123 cm³/mol. The van der Waals surface area contributed by atoms with Gasteiger partial charge in [0.2, 0.25) is 5.91 Å². The van der Waals surface area contributed by atoms with Gasteiger partial charge in [-0.05, 0) is 56.4 Å². The van der Waals surface area contributed by atoms with Crippen molar-refractivity contribution >= 4 is 41.5 Å². The van der Waals surface area contributed by atoms with Gasteiger partial charge in [-0.3, -0.25) is 9.59 Å². The molecule has 0 aliphatic rings. The highest BCUT2D eigenvalue weighted by molar-refractivity contribution is 7.98. The maximum Gasteiger partial charge on any atom is 0.475 e. The van der Waals surface area contributed by atoms with Crippen LogP contribution in [0.1, 0.15) is 36.0 Å². The van der Waals surface area contributed by atoms with Crippen LogP contribution in [0.2, 0.25) is 0 Å². The minimum atomic E-state index is -1.75. The van der Waals surface area contributed by atoms with Crippen LogP contribution in [-0.4, -0.2) is 59.5 Å². The fraction of sp³-hybridized carbons (Fsp3) is 0.429. The summed E-state index contributed by atoms with van der Waals surface area (Å²) >= 11 is 1.49. The Bertz CT molecular complexity index is 935. The van der Waals surface area contributed by atoms with Crippen molar-refractivity contribution in [3.63, 3.8) is 0 Å². The molecule has 0 unspecified atom stereocenters. The van der Waals surface area contributed by atoms with Gasteiger partial charge in [0.05, 0.1) is 5.94 Å². The van der Waals surface area contributed by atoms with Gasteiger partial charge >= 0.3 is 7.12 Å². The van der Waals surface area contributed by atoms with E-state index in [1.165, 1.54) is 30.0 Å². The summed E-state index contributed by atoms with van der Waals surface area (Å²) in [4.78, 5) is 25.8. The van der Waals surface area contributed by atoms with Crippen LogP contribution in [0, 0.1) is 11.6 Å². The summed E-state index contributed by atoms with van der Waals surface area (Å²) in [6.07, 6.45) is 3.62. The van der Waals surface area contributed by atoms with E-state index >= 15 is 0 Å². The topological polar surface area (TPSA) is 125 Å². The summed E-state index contributed by atoms with van der Waals surface area (Å²) in [7, 11) is -1.75. The standard InChI is InChI=1S/C21H28BF2N3O4S/c1-32-10-8-19(22(30)31)27-21(29)18(7-2-3-9-25)26-20(28)15-6-4-5-14-16(15)11-13(23)12-17(14)24/h4-6,11-12,18-19,30-31H,2-3,7-10,25H2,1H3,(H,26,28)(H,27,29)/t18-,19-/m0/s1. The van der Waals surface area contributed by atoms with Gasteiger partial charge in [0.25, 0.3) is 5.91 Å². The Morgan fingerprint density at radius 1 is 1.12 bits per heavy atom. The Hall–Kier alpha value is -2.21. The molecule has 0 aliphatic carbocycles. The number of fused-ring (bicyclic) bond motifs is 1. The van der Waals surface area contributed by atoms with E-state index in [4.69, 9.17) is 5.73 Å². The summed E-state index contributed by atoms with van der Waals surface area (Å²) in [6.45, 7) is 0.413. The van der Waals surface area contributed by atoms with Gasteiger partial charge < -0.3 is 26.4 Å². The molecule has 0 fully saturated rings. The van der Waals surface area contributed by atoms with Crippen molar-refractivity contribution in [3.8, 4) is 0 Å². The third-order valence-corrected chi connectivity index (χ3v) is 5.69. The van der Waals surface area contributed by atoms with Crippen molar-refractivity contribution in [1.29, 1.82) is 0 Å². The molecule has 0 radical (unpaired) electrons. The molecule has 0 spiro atoms. The van der Waals surface area contributed by atoms with Crippen molar-refractivity contribution in [2.24, 2.45) is 5.73 Å². The summed E-state index contributed by atoms with van der Waals surface area (Å²) in [5.41, 5.74) is 5.55. The van der Waals surface area contributed by atoms with Crippen LogP contribution in [0.3, 0.4) is 0 Å². The normalized spacial score (nSPS) is 12.9. The number of thioether (sulfide) groups is 1. The minimum Gasteiger partial charge on any atom is -0.426 e. The Kier molecular flexibility index (Phi) is 10.4. The zero-order valence-corrected chi connectivity index (χ0v) is 18.6. The third kappa shape index (κ3) is 7.16. The van der Waals surface area contributed by atoms with Crippen LogP contribution in [0.15, 0.2) is 30.3 Å². The van der Waals surface area contributed by atoms with Gasteiger partial charge in [0.1, 0.15) is 17.7 Å². The van der Waals surface area contributed by atoms with Crippen molar-refractivity contribution in [3.05, 3.63) is 47.5 Å². The molecule has 7 nitrogen and oxygen atoms in total. The predicted octanol–water partition coefficient (Wildman–Crippen LogP) is 1.60. The molecule has 0 heterocycles. The number of carbonyl (C=O) groups excluding carboxylic acids is 2. The molecular weight excluding hydrogens is 439 g/mol. The van der Waals surface area contributed by atoms with E-state index in [-0.39, 0.29) is 22.8 Å². The molecule has 11 heteroatoms. The third-order valence-electron chi connectivity index (χ3n) is 5.04. The zero-order valence-electron chi connectivity index (χ0n) is 17.8. The maximum atomic E-state index is 14.1. The molecule has 2 rings (SSSR count). The molecular formula is C21H28BF2N3O4S. The van der Waals surface area contributed by atoms with Crippen LogP contribution < -0.4 is 16.4 Å². The van der Waals surface area contributed by atoms with Crippen molar-refractivity contribution in [1.82, 2.24) is 10.6 Å². The molecule has 2 amide bonds. The Balaban J connectivity index is 2.25. The van der Waals surface area contributed by atoms with E-state index in [1.807, 2.05) is 6.26 Å². The summed E-state index contributed by atoms with van der Waals surface area (Å²) in [6, 6.07) is 5.15. The average Bonchev–Trinajstić information content (AvgIpc) is 2.75. The zero-order chi connectivity index (χ0) is 23.7. The highest BCUT2D eigenvalue weighted by Crippen LogP contribution is 2.23. The van der Waals surface area contributed by atoms with Crippen molar-refractivity contribution in [2.45, 2.75) is 37.7 Å². The van der Waals surface area contributed by atoms with E-state index in [9.17, 15) is 28.4 Å². The number of unbranched alkanes of at least 4 members (excludes halogenated alkanes) is 1. The number of rotatable bonds is 12. The van der Waals surface area contributed by atoms with E-state index in [0.717, 1.165) is 12.1 Å². The molecule has 0 saturated heterocycles. The number of hydrogen-bond acceptors (Lipinski definition) is 6. The fourth-order valence-corrected chi connectivity index (χ4v) is 3.82. The molecule has 32 heavy (non-hydrogen) atoms. The minimum absolute atomic E-state index is 0.0265. The first-order valence-electron chi connectivity index (χ1n) is 10.3. The maximum absolute atomic E-state index is 14.1. The Labute approximate surface area is 190 Å². The van der Waals surface area contributed by atoms with Crippen molar-refractivity contribution < 1.29 is 28.4 Å². The van der Waals surface area contributed by atoms with Gasteiger partial charge in [-0.2, -0.15) is 11.8 Å². The lowest BCUT2D eigenvalue weighted by Crippen LogP contribution is -2.54. The highest BCUT2D eigenvalue weighted by Gasteiger charge is 2.29. The SMILES string of the molecule is CSCC[C@H](NC(=O)[C@H](CCCCN)NC(=O)c1cccc2c(F)cc(F)cc12)B(O)O. The van der Waals surface area contributed by atoms with Crippen LogP contribution in [0.4, 0.5) is 8.78 Å². The first kappa shape index (κ1) is 26.1. The van der Waals surface area contributed by atoms with Crippen LogP contribution >= 0.6 is 11.8 Å². The first-order valence-corrected chi connectivity index (χ1v) is 11.7. The van der Waals surface area contributed by atoms with E-state index in [0.29, 0.717) is 31.6 Å². The van der Waals surface area contributed by atoms with Gasteiger partial charge in [0.15, 0.2) is 0 Å². The lowest BCUT2D eigenvalue weighted by molar-refractivity contribution is -0.123. The Morgan fingerprint density at radius 2 is 1.88 bits per heavy atom. The molecule has 6 N–H and O–H groups in total. The van der Waals surface area contributed by atoms with E-state index in [1.54, 1.807) is 0 Å². The summed E-state index contributed by atoms with van der Waals surface area (Å²) < 4.78 is 27.9. The fourth-order valence-electron chi connectivity index (χ4n) is 3.33. The Morgan fingerprint density at radius 3 is 2.53 bits per heavy atom. The van der Waals surface area contributed by atoms with Gasteiger partial charge in [-0.25, -0.2) is 8.78 Å². The number of nitrogens with one attached hydrogen (secondary N) is 2. The molecule has 2 aromatic carbocycles. The molecule has 0 aromatic heterocycles. The second kappa shape index (κ2) is 12.7. The second-order valence-electron chi connectivity index (χ2n) is 7.41. The van der Waals surface area contributed by atoms with Crippen LogP contribution in [0.25, 0.3) is 10.8 Å². The van der Waals surface area contributed by atoms with Crippen LogP contribution in [-0.2, 0) is 4.79 Å². The average molecular weight is 467 g/mol. The molecule has 0 saturated carbocycles. The monoisotopic (exact) mass is 467 g/mol. The summed E-state index contributed by atoms with van der Waals surface area (Å²) in [5, 5.41) is 24.5. The quantitative estimate of drug-likeness (QED) is 0.239. The number of nitrogens with two attached hydrogens (primary N) is 1. The molecule has 0 bridgehead atoms. The van der Waals surface area contributed by atoms with Gasteiger partial charge in [-0.1, -0.05) is 12.1 Å². The molecule has 2 atom stereocenters. The number of amides is 2. The van der Waals surface area contributed by atoms with Gasteiger partial charge in [0, 0.05) is 22.4 Å². The molecule has 174 valence electrons. The molecule has 2 aromatic rings. The molecule has 0 aliphatic heterocycles. The number of hydrogen-bond donors (Lipinski definition) is 5. The van der Waals surface area contributed by atoms with Gasteiger partial charge in [-0.15, -0.1) is 0 Å². The van der Waals surface area contributed by atoms with E-state index in [2.05, 4.69) is 10.6 Å². The lowest BCUT2D eigenvalue weighted by Gasteiger charge is -2.23. The lowest BCUT2D eigenvalue weighted by atomic mass is 9.77. The van der Waals surface area contributed by atoms with Crippen LogP contribution in [0.5, 0.6) is 0 Å². The number of carbonyl (C=O) groups is 2. The van der Waals surface area contributed by atoms with E-state index < -0.39 is 42.6 Å².